The zero-order chi connectivity index (χ0) is 15.6. The molecule has 0 saturated heterocycles. The highest BCUT2D eigenvalue weighted by Gasteiger charge is 2.14. The number of carboxylic acid groups (broad SMARTS) is 1. The molecule has 1 aromatic heterocycles. The van der Waals surface area contributed by atoms with E-state index < -0.39 is 11.9 Å². The number of carbonyl (C=O) groups is 2. The van der Waals surface area contributed by atoms with Gasteiger partial charge in [0.1, 0.15) is 0 Å². The van der Waals surface area contributed by atoms with Crippen molar-refractivity contribution >= 4 is 29.2 Å². The summed E-state index contributed by atoms with van der Waals surface area (Å²) in [5, 5.41) is 12.1. The van der Waals surface area contributed by atoms with Crippen LogP contribution in [0.25, 0.3) is 0 Å². The minimum absolute atomic E-state index is 0.0279. The number of hydrogen-bond acceptors (Lipinski definition) is 3. The minimum atomic E-state index is -1.11. The molecule has 0 atom stereocenters. The van der Waals surface area contributed by atoms with Crippen LogP contribution >= 0.6 is 11.6 Å². The van der Waals surface area contributed by atoms with Crippen molar-refractivity contribution in [3.63, 3.8) is 0 Å². The fourth-order valence-electron chi connectivity index (χ4n) is 1.77. The fourth-order valence-corrected chi connectivity index (χ4v) is 1.94. The van der Waals surface area contributed by atoms with Gasteiger partial charge in [0.2, 0.25) is 0 Å². The maximum atomic E-state index is 12.2. The number of hydrogen-bond donors (Lipinski definition) is 2. The number of aromatic carboxylic acids is 1. The quantitative estimate of drug-likeness (QED) is 0.912. The smallest absolute Gasteiger partial charge is 0.337 e. The molecule has 0 spiro atoms. The number of anilines is 1. The summed E-state index contributed by atoms with van der Waals surface area (Å²) in [6.07, 6.45) is 1.40. The number of aromatic nitrogens is 1. The molecule has 0 saturated carbocycles. The molecular weight excluding hydrogens is 292 g/mol. The molecule has 1 heterocycles. The van der Waals surface area contributed by atoms with Gasteiger partial charge in [-0.3, -0.25) is 9.78 Å². The predicted octanol–water partition coefficient (Wildman–Crippen LogP) is 3.30. The normalized spacial score (nSPS) is 10.2. The van der Waals surface area contributed by atoms with Crippen LogP contribution in [0, 0.1) is 13.8 Å². The van der Waals surface area contributed by atoms with Crippen molar-refractivity contribution in [3.8, 4) is 0 Å². The van der Waals surface area contributed by atoms with E-state index in [-0.39, 0.29) is 16.8 Å². The largest absolute Gasteiger partial charge is 0.478 e. The van der Waals surface area contributed by atoms with Crippen LogP contribution in [0.4, 0.5) is 5.69 Å². The summed E-state index contributed by atoms with van der Waals surface area (Å²) in [5.41, 5.74) is 2.00. The SMILES string of the molecule is Cc1ccc(C(=O)O)c(NC(=O)c2cnc(C)c(Cl)c2)c1. The van der Waals surface area contributed by atoms with Gasteiger partial charge in [-0.05, 0) is 37.6 Å². The Bertz CT molecular complexity index is 729. The molecule has 0 fully saturated rings. The average Bonchev–Trinajstić information content (AvgIpc) is 2.41. The summed E-state index contributed by atoms with van der Waals surface area (Å²) in [6.45, 7) is 3.54. The molecule has 108 valence electrons. The van der Waals surface area contributed by atoms with E-state index in [1.54, 1.807) is 19.1 Å². The third-order valence-corrected chi connectivity index (χ3v) is 3.32. The summed E-state index contributed by atoms with van der Waals surface area (Å²) in [4.78, 5) is 27.3. The maximum absolute atomic E-state index is 12.2. The highest BCUT2D eigenvalue weighted by Crippen LogP contribution is 2.20. The molecule has 5 nitrogen and oxygen atoms in total. The summed E-state index contributed by atoms with van der Waals surface area (Å²) >= 11 is 5.93. The lowest BCUT2D eigenvalue weighted by Crippen LogP contribution is -2.15. The van der Waals surface area contributed by atoms with Gasteiger partial charge in [0, 0.05) is 6.20 Å². The maximum Gasteiger partial charge on any atom is 0.337 e. The lowest BCUT2D eigenvalue weighted by molar-refractivity contribution is 0.0698. The van der Waals surface area contributed by atoms with E-state index >= 15 is 0 Å². The third kappa shape index (κ3) is 3.38. The number of halogens is 1. The first-order chi connectivity index (χ1) is 9.88. The molecular formula is C15H13ClN2O3. The standard InChI is InChI=1S/C15H13ClN2O3/c1-8-3-4-11(15(20)21)13(5-8)18-14(19)10-6-12(16)9(2)17-7-10/h3-7H,1-2H3,(H,18,19)(H,20,21). The molecule has 21 heavy (non-hydrogen) atoms. The Morgan fingerprint density at radius 3 is 2.57 bits per heavy atom. The Balaban J connectivity index is 2.33. The number of aryl methyl sites for hydroxylation is 2. The van der Waals surface area contributed by atoms with Crippen molar-refractivity contribution in [2.75, 3.05) is 5.32 Å². The number of benzene rings is 1. The zero-order valence-corrected chi connectivity index (χ0v) is 12.2. The van der Waals surface area contributed by atoms with Gasteiger partial charge in [-0.2, -0.15) is 0 Å². The number of carbonyl (C=O) groups excluding carboxylic acids is 1. The Morgan fingerprint density at radius 1 is 1.24 bits per heavy atom. The van der Waals surface area contributed by atoms with Gasteiger partial charge in [0.05, 0.1) is 27.5 Å². The molecule has 1 amide bonds. The summed E-state index contributed by atoms with van der Waals surface area (Å²) < 4.78 is 0. The van der Waals surface area contributed by atoms with E-state index in [0.717, 1.165) is 5.56 Å². The zero-order valence-electron chi connectivity index (χ0n) is 11.5. The van der Waals surface area contributed by atoms with Crippen LogP contribution in [0.2, 0.25) is 5.02 Å². The van der Waals surface area contributed by atoms with Gasteiger partial charge in [-0.1, -0.05) is 17.7 Å². The number of rotatable bonds is 3. The van der Waals surface area contributed by atoms with Crippen LogP contribution in [-0.4, -0.2) is 22.0 Å². The van der Waals surface area contributed by atoms with Crippen molar-refractivity contribution in [1.82, 2.24) is 4.98 Å². The Hall–Kier alpha value is -2.40. The Kier molecular flexibility index (Phi) is 4.23. The number of nitrogens with one attached hydrogen (secondary N) is 1. The highest BCUT2D eigenvalue weighted by atomic mass is 35.5. The molecule has 2 aromatic rings. The topological polar surface area (TPSA) is 79.3 Å². The second-order valence-corrected chi connectivity index (χ2v) is 5.01. The van der Waals surface area contributed by atoms with Crippen LogP contribution in [0.15, 0.2) is 30.5 Å². The van der Waals surface area contributed by atoms with E-state index in [2.05, 4.69) is 10.3 Å². The molecule has 0 aliphatic heterocycles. The minimum Gasteiger partial charge on any atom is -0.478 e. The van der Waals surface area contributed by atoms with E-state index in [4.69, 9.17) is 16.7 Å². The monoisotopic (exact) mass is 304 g/mol. The van der Waals surface area contributed by atoms with Crippen molar-refractivity contribution in [1.29, 1.82) is 0 Å². The second-order valence-electron chi connectivity index (χ2n) is 4.60. The lowest BCUT2D eigenvalue weighted by Gasteiger charge is -2.10. The van der Waals surface area contributed by atoms with Crippen LogP contribution in [0.5, 0.6) is 0 Å². The van der Waals surface area contributed by atoms with Crippen LogP contribution in [0.1, 0.15) is 32.0 Å². The first-order valence-electron chi connectivity index (χ1n) is 6.16. The molecule has 0 aliphatic carbocycles. The van der Waals surface area contributed by atoms with Crippen molar-refractivity contribution in [2.24, 2.45) is 0 Å². The number of carboxylic acids is 1. The van der Waals surface area contributed by atoms with Crippen molar-refractivity contribution < 1.29 is 14.7 Å². The molecule has 0 aliphatic rings. The van der Waals surface area contributed by atoms with Crippen molar-refractivity contribution in [2.45, 2.75) is 13.8 Å². The van der Waals surface area contributed by atoms with Gasteiger partial charge in [0.15, 0.2) is 0 Å². The number of pyridine rings is 1. The Morgan fingerprint density at radius 2 is 1.95 bits per heavy atom. The fraction of sp³-hybridized carbons (Fsp3) is 0.133. The molecule has 0 unspecified atom stereocenters. The lowest BCUT2D eigenvalue weighted by atomic mass is 10.1. The van der Waals surface area contributed by atoms with Crippen molar-refractivity contribution in [3.05, 3.63) is 57.9 Å². The third-order valence-electron chi connectivity index (χ3n) is 2.94. The van der Waals surface area contributed by atoms with Gasteiger partial charge in [-0.15, -0.1) is 0 Å². The summed E-state index contributed by atoms with van der Waals surface area (Å²) in [7, 11) is 0. The molecule has 6 heteroatoms. The molecule has 0 bridgehead atoms. The first kappa shape index (κ1) is 15.0. The van der Waals surface area contributed by atoms with E-state index in [0.29, 0.717) is 10.7 Å². The molecule has 0 radical (unpaired) electrons. The van der Waals surface area contributed by atoms with E-state index in [9.17, 15) is 9.59 Å². The summed E-state index contributed by atoms with van der Waals surface area (Å²) in [5.74, 6) is -1.57. The second kappa shape index (κ2) is 5.93. The summed E-state index contributed by atoms with van der Waals surface area (Å²) in [6, 6.07) is 6.22. The molecule has 2 N–H and O–H groups in total. The molecule has 2 rings (SSSR count). The van der Waals surface area contributed by atoms with E-state index in [1.807, 2.05) is 6.92 Å². The van der Waals surface area contributed by atoms with Crippen LogP contribution in [0.3, 0.4) is 0 Å². The van der Waals surface area contributed by atoms with Gasteiger partial charge in [0.25, 0.3) is 5.91 Å². The number of amides is 1. The van der Waals surface area contributed by atoms with E-state index in [1.165, 1.54) is 18.3 Å². The number of nitrogens with zero attached hydrogens (tertiary/aromatic N) is 1. The van der Waals surface area contributed by atoms with Crippen LogP contribution in [-0.2, 0) is 0 Å². The van der Waals surface area contributed by atoms with Gasteiger partial charge < -0.3 is 10.4 Å². The van der Waals surface area contributed by atoms with Gasteiger partial charge in [-0.25, -0.2) is 4.79 Å². The Labute approximate surface area is 126 Å². The molecule has 1 aromatic carbocycles. The van der Waals surface area contributed by atoms with Crippen LogP contribution < -0.4 is 5.32 Å². The average molecular weight is 305 g/mol. The predicted molar refractivity (Wildman–Crippen MR) is 80.1 cm³/mol. The first-order valence-corrected chi connectivity index (χ1v) is 6.53. The van der Waals surface area contributed by atoms with Gasteiger partial charge >= 0.3 is 5.97 Å². The highest BCUT2D eigenvalue weighted by molar-refractivity contribution is 6.31.